The summed E-state index contributed by atoms with van der Waals surface area (Å²) in [6, 6.07) is 7.97. The van der Waals surface area contributed by atoms with Crippen molar-refractivity contribution in [2.45, 2.75) is 11.4 Å². The molecule has 0 unspecified atom stereocenters. The van der Waals surface area contributed by atoms with Crippen LogP contribution in [0.25, 0.3) is 0 Å². The van der Waals surface area contributed by atoms with E-state index in [4.69, 9.17) is 0 Å². The van der Waals surface area contributed by atoms with E-state index in [-0.39, 0.29) is 10.8 Å². The number of carbonyl (C=O) groups is 1. The van der Waals surface area contributed by atoms with Gasteiger partial charge in [-0.25, -0.2) is 4.39 Å². The highest BCUT2D eigenvalue weighted by molar-refractivity contribution is 7.80. The fourth-order valence-corrected chi connectivity index (χ4v) is 2.19. The van der Waals surface area contributed by atoms with Crippen LogP contribution in [0.4, 0.5) is 4.39 Å². The highest BCUT2D eigenvalue weighted by Gasteiger charge is 2.07. The van der Waals surface area contributed by atoms with Crippen molar-refractivity contribution >= 4 is 29.9 Å². The largest absolute Gasteiger partial charge is 0.347 e. The first kappa shape index (κ1) is 12.1. The molecular formula is C12H10FNOS2. The second kappa shape index (κ2) is 5.33. The third-order valence-electron chi connectivity index (χ3n) is 2.21. The Bertz CT molecular complexity index is 525. The zero-order valence-corrected chi connectivity index (χ0v) is 10.5. The molecule has 0 aliphatic carbocycles. The van der Waals surface area contributed by atoms with Crippen molar-refractivity contribution in [3.8, 4) is 0 Å². The van der Waals surface area contributed by atoms with E-state index in [0.29, 0.717) is 12.1 Å². The third-order valence-corrected chi connectivity index (χ3v) is 3.43. The van der Waals surface area contributed by atoms with Gasteiger partial charge in [0, 0.05) is 15.3 Å². The summed E-state index contributed by atoms with van der Waals surface area (Å²) in [6.45, 7) is 0.482. The van der Waals surface area contributed by atoms with Crippen molar-refractivity contribution in [1.29, 1.82) is 0 Å². The number of thiol groups is 1. The van der Waals surface area contributed by atoms with Gasteiger partial charge in [0.05, 0.1) is 6.54 Å². The van der Waals surface area contributed by atoms with Gasteiger partial charge in [0.15, 0.2) is 0 Å². The molecule has 0 aliphatic heterocycles. The average molecular weight is 267 g/mol. The molecule has 0 bridgehead atoms. The second-order valence-electron chi connectivity index (χ2n) is 3.43. The zero-order valence-electron chi connectivity index (χ0n) is 8.81. The summed E-state index contributed by atoms with van der Waals surface area (Å²) in [5.74, 6) is -0.656. The monoisotopic (exact) mass is 267 g/mol. The van der Waals surface area contributed by atoms with Crippen LogP contribution in [0.2, 0.25) is 0 Å². The first-order chi connectivity index (χ1) is 8.16. The maximum absolute atomic E-state index is 13.0. The molecule has 5 heteroatoms. The molecule has 2 nitrogen and oxygen atoms in total. The van der Waals surface area contributed by atoms with Crippen LogP contribution >= 0.6 is 24.0 Å². The summed E-state index contributed by atoms with van der Waals surface area (Å²) in [5.41, 5.74) is 0.410. The number of nitrogens with one attached hydrogen (secondary N) is 1. The van der Waals surface area contributed by atoms with Gasteiger partial charge in [-0.2, -0.15) is 0 Å². The average Bonchev–Trinajstić information content (AvgIpc) is 2.82. The molecular weight excluding hydrogens is 257 g/mol. The van der Waals surface area contributed by atoms with E-state index in [9.17, 15) is 9.18 Å². The van der Waals surface area contributed by atoms with Gasteiger partial charge in [-0.05, 0) is 29.6 Å². The Labute approximate surface area is 108 Å². The molecule has 0 aliphatic rings. The molecule has 0 fully saturated rings. The summed E-state index contributed by atoms with van der Waals surface area (Å²) < 4.78 is 13.0. The number of hydrogen-bond acceptors (Lipinski definition) is 3. The Morgan fingerprint density at radius 3 is 2.88 bits per heavy atom. The minimum Gasteiger partial charge on any atom is -0.347 e. The molecule has 1 aromatic heterocycles. The predicted molar refractivity (Wildman–Crippen MR) is 69.1 cm³/mol. The van der Waals surface area contributed by atoms with Crippen LogP contribution in [-0.4, -0.2) is 5.91 Å². The topological polar surface area (TPSA) is 29.1 Å². The summed E-state index contributed by atoms with van der Waals surface area (Å²) >= 11 is 5.51. The summed E-state index contributed by atoms with van der Waals surface area (Å²) in [5, 5.41) is 4.71. The van der Waals surface area contributed by atoms with Gasteiger partial charge < -0.3 is 5.32 Å². The molecule has 1 heterocycles. The molecule has 88 valence electrons. The quantitative estimate of drug-likeness (QED) is 0.822. The van der Waals surface area contributed by atoms with E-state index >= 15 is 0 Å². The van der Waals surface area contributed by atoms with Crippen LogP contribution in [0.5, 0.6) is 0 Å². The SMILES string of the molecule is O=C(NCc1cccs1)c1ccc(F)c(S)c1. The lowest BCUT2D eigenvalue weighted by Crippen LogP contribution is -2.22. The Hall–Kier alpha value is -1.33. The fourth-order valence-electron chi connectivity index (χ4n) is 1.34. The molecule has 1 N–H and O–H groups in total. The predicted octanol–water partition coefficient (Wildman–Crippen LogP) is 3.11. The lowest BCUT2D eigenvalue weighted by molar-refractivity contribution is 0.0951. The smallest absolute Gasteiger partial charge is 0.251 e. The Kier molecular flexibility index (Phi) is 3.81. The molecule has 17 heavy (non-hydrogen) atoms. The number of amides is 1. The van der Waals surface area contributed by atoms with Crippen LogP contribution in [0, 0.1) is 5.82 Å². The summed E-state index contributed by atoms with van der Waals surface area (Å²) in [6.07, 6.45) is 0. The minimum atomic E-state index is -0.428. The number of halogens is 1. The van der Waals surface area contributed by atoms with E-state index in [1.54, 1.807) is 11.3 Å². The number of benzene rings is 1. The van der Waals surface area contributed by atoms with Gasteiger partial charge in [0.1, 0.15) is 5.82 Å². The molecule has 2 rings (SSSR count). The van der Waals surface area contributed by atoms with Gasteiger partial charge in [0.25, 0.3) is 5.91 Å². The molecule has 0 atom stereocenters. The van der Waals surface area contributed by atoms with E-state index < -0.39 is 5.82 Å². The molecule has 2 aromatic rings. The number of hydrogen-bond donors (Lipinski definition) is 2. The second-order valence-corrected chi connectivity index (χ2v) is 4.94. The van der Waals surface area contributed by atoms with Crippen molar-refractivity contribution in [3.63, 3.8) is 0 Å². The van der Waals surface area contributed by atoms with Crippen molar-refractivity contribution in [2.24, 2.45) is 0 Å². The maximum atomic E-state index is 13.0. The van der Waals surface area contributed by atoms with Crippen molar-refractivity contribution in [1.82, 2.24) is 5.32 Å². The van der Waals surface area contributed by atoms with Gasteiger partial charge >= 0.3 is 0 Å². The molecule has 0 saturated heterocycles. The Morgan fingerprint density at radius 1 is 1.41 bits per heavy atom. The van der Waals surface area contributed by atoms with E-state index in [1.165, 1.54) is 18.2 Å². The first-order valence-electron chi connectivity index (χ1n) is 4.96. The van der Waals surface area contributed by atoms with Gasteiger partial charge in [-0.1, -0.05) is 6.07 Å². The van der Waals surface area contributed by atoms with Crippen LogP contribution in [0.3, 0.4) is 0 Å². The normalized spacial score (nSPS) is 10.2. The van der Waals surface area contributed by atoms with Crippen LogP contribution in [-0.2, 0) is 6.54 Å². The van der Waals surface area contributed by atoms with E-state index in [1.807, 2.05) is 17.5 Å². The van der Waals surface area contributed by atoms with Gasteiger partial charge in [0.2, 0.25) is 0 Å². The lowest BCUT2D eigenvalue weighted by Gasteiger charge is -2.04. The van der Waals surface area contributed by atoms with Crippen LogP contribution in [0.1, 0.15) is 15.2 Å². The molecule has 0 spiro atoms. The van der Waals surface area contributed by atoms with Crippen molar-refractivity contribution in [3.05, 3.63) is 52.0 Å². The molecule has 1 aromatic carbocycles. The van der Waals surface area contributed by atoms with Crippen molar-refractivity contribution in [2.75, 3.05) is 0 Å². The van der Waals surface area contributed by atoms with Crippen molar-refractivity contribution < 1.29 is 9.18 Å². The van der Waals surface area contributed by atoms with Gasteiger partial charge in [-0.15, -0.1) is 24.0 Å². The number of rotatable bonds is 3. The Balaban J connectivity index is 2.02. The van der Waals surface area contributed by atoms with Crippen LogP contribution in [0.15, 0.2) is 40.6 Å². The highest BCUT2D eigenvalue weighted by Crippen LogP contribution is 2.14. The standard InChI is InChI=1S/C12H10FNOS2/c13-10-4-3-8(6-11(10)16)12(15)14-7-9-2-1-5-17-9/h1-6,16H,7H2,(H,14,15). The maximum Gasteiger partial charge on any atom is 0.251 e. The number of carbonyl (C=O) groups excluding carboxylic acids is 1. The zero-order chi connectivity index (χ0) is 12.3. The number of thiophene rings is 1. The Morgan fingerprint density at radius 2 is 2.24 bits per heavy atom. The molecule has 0 radical (unpaired) electrons. The summed E-state index contributed by atoms with van der Waals surface area (Å²) in [4.78, 5) is 13.0. The van der Waals surface area contributed by atoms with Gasteiger partial charge in [-0.3, -0.25) is 4.79 Å². The molecule has 1 amide bonds. The van der Waals surface area contributed by atoms with E-state index in [2.05, 4.69) is 17.9 Å². The minimum absolute atomic E-state index is 0.175. The third kappa shape index (κ3) is 3.08. The van der Waals surface area contributed by atoms with Crippen LogP contribution < -0.4 is 5.32 Å². The van der Waals surface area contributed by atoms with E-state index in [0.717, 1.165) is 4.88 Å². The highest BCUT2D eigenvalue weighted by atomic mass is 32.1. The first-order valence-corrected chi connectivity index (χ1v) is 6.28. The molecule has 0 saturated carbocycles. The summed E-state index contributed by atoms with van der Waals surface area (Å²) in [7, 11) is 0. The lowest BCUT2D eigenvalue weighted by atomic mass is 10.2. The fraction of sp³-hybridized carbons (Fsp3) is 0.0833.